The average molecular weight is 405 g/mol. The average Bonchev–Trinajstić information content (AvgIpc) is 2.23. The zero-order chi connectivity index (χ0) is 17.4. The summed E-state index contributed by atoms with van der Waals surface area (Å²) in [6.07, 6.45) is -20.2. The Hall–Kier alpha value is -0.970. The first-order valence-corrected chi connectivity index (χ1v) is 6.10. The highest BCUT2D eigenvalue weighted by molar-refractivity contribution is 9.10. The lowest BCUT2D eigenvalue weighted by Gasteiger charge is -2.38. The van der Waals surface area contributed by atoms with E-state index in [1.165, 1.54) is 12.1 Å². The Kier molecular flexibility index (Phi) is 5.13. The molecule has 1 aromatic rings. The van der Waals surface area contributed by atoms with Crippen LogP contribution < -0.4 is 0 Å². The van der Waals surface area contributed by atoms with Crippen molar-refractivity contribution in [2.45, 2.75) is 30.7 Å². The molecule has 0 aliphatic rings. The normalized spacial score (nSPS) is 14.3. The van der Waals surface area contributed by atoms with E-state index in [1.54, 1.807) is 0 Å². The molecule has 11 heteroatoms. The molecule has 0 spiro atoms. The maximum atomic E-state index is 12.6. The molecule has 126 valence electrons. The fraction of sp³-hybridized carbons (Fsp3) is 0.455. The molecular weight excluding hydrogens is 399 g/mol. The zero-order valence-electron chi connectivity index (χ0n) is 10.2. The Bertz CT molecular complexity index is 481. The van der Waals surface area contributed by atoms with Gasteiger partial charge in [-0.3, -0.25) is 0 Å². The highest BCUT2D eigenvalue weighted by atomic mass is 79.9. The fourth-order valence-electron chi connectivity index (χ4n) is 1.55. The number of ether oxygens (including phenoxy) is 1. The van der Waals surface area contributed by atoms with Crippen molar-refractivity contribution in [3.05, 3.63) is 34.3 Å². The van der Waals surface area contributed by atoms with Crippen molar-refractivity contribution in [2.75, 3.05) is 0 Å². The second-order valence-electron chi connectivity index (χ2n) is 4.09. The number of hydrogen-bond acceptors (Lipinski definition) is 1. The molecule has 0 unspecified atom stereocenters. The fourth-order valence-corrected chi connectivity index (χ4v) is 1.99. The van der Waals surface area contributed by atoms with Crippen LogP contribution in [0.15, 0.2) is 28.7 Å². The van der Waals surface area contributed by atoms with Gasteiger partial charge in [0.25, 0.3) is 0 Å². The first-order chi connectivity index (χ1) is 9.72. The maximum absolute atomic E-state index is 12.6. The third-order valence-corrected chi connectivity index (χ3v) is 3.04. The molecule has 0 N–H and O–H groups in total. The van der Waals surface area contributed by atoms with Gasteiger partial charge in [-0.15, -0.1) is 0 Å². The van der Waals surface area contributed by atoms with Crippen molar-refractivity contribution < 1.29 is 44.3 Å². The second-order valence-corrected chi connectivity index (χ2v) is 5.01. The number of halogens is 10. The van der Waals surface area contributed by atoms with Gasteiger partial charge in [0.1, 0.15) is 0 Å². The molecule has 0 heterocycles. The van der Waals surface area contributed by atoms with Crippen LogP contribution in [-0.4, -0.2) is 24.1 Å². The van der Waals surface area contributed by atoms with E-state index in [-0.39, 0.29) is 10.0 Å². The van der Waals surface area contributed by atoms with E-state index in [0.717, 1.165) is 12.1 Å². The maximum Gasteiger partial charge on any atom is 0.435 e. The minimum atomic E-state index is -6.73. The molecule has 0 radical (unpaired) electrons. The molecule has 22 heavy (non-hydrogen) atoms. The molecule has 0 aromatic heterocycles. The van der Waals surface area contributed by atoms with E-state index in [4.69, 9.17) is 0 Å². The lowest BCUT2D eigenvalue weighted by molar-refractivity contribution is -0.459. The predicted molar refractivity (Wildman–Crippen MR) is 59.8 cm³/mol. The quantitative estimate of drug-likeness (QED) is 0.613. The monoisotopic (exact) mass is 404 g/mol. The molecular formula is C11H6BrF9O. The van der Waals surface area contributed by atoms with Crippen LogP contribution in [0.4, 0.5) is 39.5 Å². The molecule has 0 saturated heterocycles. The van der Waals surface area contributed by atoms with Gasteiger partial charge in [0.2, 0.25) is 0 Å². The molecule has 0 aliphatic heterocycles. The minimum Gasteiger partial charge on any atom is -0.346 e. The van der Waals surface area contributed by atoms with Crippen molar-refractivity contribution in [2.24, 2.45) is 0 Å². The molecule has 0 bridgehead atoms. The highest BCUT2D eigenvalue weighted by Crippen LogP contribution is 2.55. The van der Waals surface area contributed by atoms with Crippen LogP contribution in [0, 0.1) is 0 Å². The van der Waals surface area contributed by atoms with E-state index in [0.29, 0.717) is 0 Å². The second kappa shape index (κ2) is 5.91. The van der Waals surface area contributed by atoms with Crippen LogP contribution in [0.5, 0.6) is 0 Å². The molecule has 0 fully saturated rings. The Morgan fingerprint density at radius 1 is 0.818 bits per heavy atom. The van der Waals surface area contributed by atoms with Crippen LogP contribution in [0.1, 0.15) is 5.56 Å². The van der Waals surface area contributed by atoms with Gasteiger partial charge in [0.05, 0.1) is 6.61 Å². The standard InChI is InChI=1S/C11H6BrF9O/c12-7-3-1-2-6(4-7)5-22-8(9(13,14)15,10(16,17)18)11(19,20)21/h1-4H,5H2. The largest absolute Gasteiger partial charge is 0.435 e. The number of alkyl halides is 9. The van der Waals surface area contributed by atoms with Gasteiger partial charge in [0, 0.05) is 4.47 Å². The third-order valence-electron chi connectivity index (χ3n) is 2.54. The summed E-state index contributed by atoms with van der Waals surface area (Å²) in [5, 5.41) is 0. The summed E-state index contributed by atoms with van der Waals surface area (Å²) in [7, 11) is 0. The van der Waals surface area contributed by atoms with Gasteiger partial charge in [0.15, 0.2) is 0 Å². The van der Waals surface area contributed by atoms with Gasteiger partial charge < -0.3 is 4.74 Å². The molecule has 1 rings (SSSR count). The summed E-state index contributed by atoms with van der Waals surface area (Å²) in [4.78, 5) is 0. The third kappa shape index (κ3) is 3.50. The summed E-state index contributed by atoms with van der Waals surface area (Å²) in [5.41, 5.74) is -6.55. The Morgan fingerprint density at radius 2 is 1.27 bits per heavy atom. The SMILES string of the molecule is FC(F)(F)C(OCc1cccc(Br)c1)(C(F)(F)F)C(F)(F)F. The summed E-state index contributed by atoms with van der Waals surface area (Å²) < 4.78 is 117. The Labute approximate surface area is 126 Å². The molecule has 1 aromatic carbocycles. The topological polar surface area (TPSA) is 9.23 Å². The first kappa shape index (κ1) is 19.1. The predicted octanol–water partition coefficient (Wildman–Crippen LogP) is 5.39. The van der Waals surface area contributed by atoms with Crippen molar-refractivity contribution in [1.82, 2.24) is 0 Å². The van der Waals surface area contributed by atoms with Crippen LogP contribution in [0.2, 0.25) is 0 Å². The lowest BCUT2D eigenvalue weighted by atomic mass is 10.0. The van der Waals surface area contributed by atoms with Gasteiger partial charge in [-0.2, -0.15) is 39.5 Å². The van der Waals surface area contributed by atoms with E-state index in [2.05, 4.69) is 20.7 Å². The van der Waals surface area contributed by atoms with E-state index in [1.807, 2.05) is 0 Å². The van der Waals surface area contributed by atoms with Crippen LogP contribution in [0.25, 0.3) is 0 Å². The molecule has 0 saturated carbocycles. The van der Waals surface area contributed by atoms with E-state index < -0.39 is 30.7 Å². The molecule has 0 atom stereocenters. The van der Waals surface area contributed by atoms with Crippen LogP contribution in [-0.2, 0) is 11.3 Å². The highest BCUT2D eigenvalue weighted by Gasteiger charge is 2.85. The summed E-state index contributed by atoms with van der Waals surface area (Å²) in [6.45, 7) is -1.53. The Morgan fingerprint density at radius 3 is 1.64 bits per heavy atom. The zero-order valence-corrected chi connectivity index (χ0v) is 11.8. The van der Waals surface area contributed by atoms with E-state index in [9.17, 15) is 39.5 Å². The van der Waals surface area contributed by atoms with Gasteiger partial charge in [-0.05, 0) is 17.7 Å². The summed E-state index contributed by atoms with van der Waals surface area (Å²) in [5.74, 6) is 0. The summed E-state index contributed by atoms with van der Waals surface area (Å²) in [6, 6.07) is 4.67. The Balaban J connectivity index is 3.27. The van der Waals surface area contributed by atoms with Crippen LogP contribution in [0.3, 0.4) is 0 Å². The smallest absolute Gasteiger partial charge is 0.346 e. The number of benzene rings is 1. The number of rotatable bonds is 3. The lowest BCUT2D eigenvalue weighted by Crippen LogP contribution is -2.67. The van der Waals surface area contributed by atoms with Gasteiger partial charge in [-0.1, -0.05) is 28.1 Å². The van der Waals surface area contributed by atoms with Crippen molar-refractivity contribution >= 4 is 15.9 Å². The van der Waals surface area contributed by atoms with Gasteiger partial charge in [-0.25, -0.2) is 0 Å². The first-order valence-electron chi connectivity index (χ1n) is 5.31. The van der Waals surface area contributed by atoms with Crippen molar-refractivity contribution in [3.8, 4) is 0 Å². The van der Waals surface area contributed by atoms with Crippen LogP contribution >= 0.6 is 15.9 Å². The molecule has 1 nitrogen and oxygen atoms in total. The number of hydrogen-bond donors (Lipinski definition) is 0. The summed E-state index contributed by atoms with van der Waals surface area (Å²) >= 11 is 2.88. The van der Waals surface area contributed by atoms with Gasteiger partial charge >= 0.3 is 24.1 Å². The molecule has 0 aliphatic carbocycles. The van der Waals surface area contributed by atoms with Crippen molar-refractivity contribution in [1.29, 1.82) is 0 Å². The molecule has 0 amide bonds. The van der Waals surface area contributed by atoms with E-state index >= 15 is 0 Å². The minimum absolute atomic E-state index is 0.255. The van der Waals surface area contributed by atoms with Crippen molar-refractivity contribution in [3.63, 3.8) is 0 Å².